The standard InChI is InChI=1S/C11H24N2OS/c1-4-11-9-13(7-5-6-12-11)8-10(2)15(3)14/h10-12H,4-9H2,1-3H3. The first-order chi connectivity index (χ1) is 7.13. The average Bonchev–Trinajstić information content (AvgIpc) is 2.42. The van der Waals surface area contributed by atoms with Crippen LogP contribution in [0.2, 0.25) is 0 Å². The van der Waals surface area contributed by atoms with E-state index in [-0.39, 0.29) is 0 Å². The van der Waals surface area contributed by atoms with Gasteiger partial charge in [0.05, 0.1) is 0 Å². The zero-order valence-corrected chi connectivity index (χ0v) is 11.0. The fourth-order valence-electron chi connectivity index (χ4n) is 1.98. The SMILES string of the molecule is CCC1CN(CC(C)S(C)=O)CCCN1. The first kappa shape index (κ1) is 13.1. The van der Waals surface area contributed by atoms with Crippen molar-refractivity contribution in [3.8, 4) is 0 Å². The Morgan fingerprint density at radius 3 is 2.93 bits per heavy atom. The molecule has 3 atom stereocenters. The van der Waals surface area contributed by atoms with E-state index in [1.807, 2.05) is 0 Å². The summed E-state index contributed by atoms with van der Waals surface area (Å²) in [7, 11) is -0.693. The number of hydrogen-bond donors (Lipinski definition) is 1. The maximum absolute atomic E-state index is 11.3. The minimum absolute atomic E-state index is 0.292. The van der Waals surface area contributed by atoms with Gasteiger partial charge in [0, 0.05) is 41.4 Å². The second-order valence-corrected chi connectivity index (χ2v) is 6.28. The van der Waals surface area contributed by atoms with E-state index >= 15 is 0 Å². The lowest BCUT2D eigenvalue weighted by molar-refractivity contribution is 0.268. The summed E-state index contributed by atoms with van der Waals surface area (Å²) in [5.41, 5.74) is 0. The molecule has 3 nitrogen and oxygen atoms in total. The van der Waals surface area contributed by atoms with E-state index in [2.05, 4.69) is 24.1 Å². The molecule has 0 aromatic carbocycles. The minimum atomic E-state index is -0.693. The Bertz CT molecular complexity index is 211. The fourth-order valence-corrected chi connectivity index (χ4v) is 2.40. The smallest absolute Gasteiger partial charge is 0.0444 e. The van der Waals surface area contributed by atoms with Gasteiger partial charge in [-0.05, 0) is 32.9 Å². The van der Waals surface area contributed by atoms with Gasteiger partial charge in [-0.15, -0.1) is 0 Å². The molecule has 4 heteroatoms. The van der Waals surface area contributed by atoms with E-state index < -0.39 is 10.8 Å². The lowest BCUT2D eigenvalue weighted by Crippen LogP contribution is -2.40. The van der Waals surface area contributed by atoms with Gasteiger partial charge in [0.1, 0.15) is 0 Å². The summed E-state index contributed by atoms with van der Waals surface area (Å²) in [5.74, 6) is 0. The lowest BCUT2D eigenvalue weighted by atomic mass is 10.2. The molecule has 1 fully saturated rings. The molecular weight excluding hydrogens is 208 g/mol. The van der Waals surface area contributed by atoms with E-state index in [0.29, 0.717) is 11.3 Å². The van der Waals surface area contributed by atoms with E-state index in [4.69, 9.17) is 0 Å². The molecule has 0 spiro atoms. The van der Waals surface area contributed by atoms with Gasteiger partial charge < -0.3 is 10.2 Å². The predicted molar refractivity (Wildman–Crippen MR) is 66.7 cm³/mol. The zero-order valence-electron chi connectivity index (χ0n) is 10.2. The van der Waals surface area contributed by atoms with Crippen LogP contribution in [0.5, 0.6) is 0 Å². The Hall–Kier alpha value is 0.0700. The van der Waals surface area contributed by atoms with Crippen LogP contribution in [0.25, 0.3) is 0 Å². The van der Waals surface area contributed by atoms with Crippen LogP contribution in [0.3, 0.4) is 0 Å². The van der Waals surface area contributed by atoms with Crippen LogP contribution in [0, 0.1) is 0 Å². The summed E-state index contributed by atoms with van der Waals surface area (Å²) in [6.07, 6.45) is 4.19. The molecule has 0 radical (unpaired) electrons. The lowest BCUT2D eigenvalue weighted by Gasteiger charge is -2.25. The van der Waals surface area contributed by atoms with Crippen molar-refractivity contribution in [3.05, 3.63) is 0 Å². The summed E-state index contributed by atoms with van der Waals surface area (Å²) < 4.78 is 11.3. The summed E-state index contributed by atoms with van der Waals surface area (Å²) in [4.78, 5) is 2.46. The van der Waals surface area contributed by atoms with Crippen molar-refractivity contribution < 1.29 is 4.21 Å². The highest BCUT2D eigenvalue weighted by molar-refractivity contribution is 7.84. The van der Waals surface area contributed by atoms with Crippen molar-refractivity contribution in [2.45, 2.75) is 38.0 Å². The van der Waals surface area contributed by atoms with Gasteiger partial charge in [-0.2, -0.15) is 0 Å². The summed E-state index contributed by atoms with van der Waals surface area (Å²) in [6, 6.07) is 0.616. The third-order valence-electron chi connectivity index (χ3n) is 3.14. The molecule has 15 heavy (non-hydrogen) atoms. The molecule has 1 saturated heterocycles. The molecule has 0 aromatic heterocycles. The van der Waals surface area contributed by atoms with Crippen molar-refractivity contribution in [1.82, 2.24) is 10.2 Å². The molecule has 0 saturated carbocycles. The highest BCUT2D eigenvalue weighted by Gasteiger charge is 2.18. The Labute approximate surface area is 96.1 Å². The van der Waals surface area contributed by atoms with Crippen LogP contribution in [0.1, 0.15) is 26.7 Å². The second-order valence-electron chi connectivity index (χ2n) is 4.48. The highest BCUT2D eigenvalue weighted by atomic mass is 32.2. The number of rotatable bonds is 4. The first-order valence-corrected chi connectivity index (χ1v) is 7.53. The summed E-state index contributed by atoms with van der Waals surface area (Å²) >= 11 is 0. The van der Waals surface area contributed by atoms with E-state index in [1.165, 1.54) is 12.8 Å². The quantitative estimate of drug-likeness (QED) is 0.779. The predicted octanol–water partition coefficient (Wildman–Crippen LogP) is 0.827. The van der Waals surface area contributed by atoms with Gasteiger partial charge in [0.2, 0.25) is 0 Å². The van der Waals surface area contributed by atoms with Gasteiger partial charge >= 0.3 is 0 Å². The van der Waals surface area contributed by atoms with Gasteiger partial charge in [-0.25, -0.2) is 0 Å². The second kappa shape index (κ2) is 6.61. The van der Waals surface area contributed by atoms with Crippen LogP contribution in [-0.4, -0.2) is 52.8 Å². The average molecular weight is 232 g/mol. The van der Waals surface area contributed by atoms with Crippen LogP contribution in [0.4, 0.5) is 0 Å². The van der Waals surface area contributed by atoms with Crippen molar-refractivity contribution in [2.75, 3.05) is 32.4 Å². The topological polar surface area (TPSA) is 32.3 Å². The Balaban J connectivity index is 2.42. The monoisotopic (exact) mass is 232 g/mol. The molecule has 3 unspecified atom stereocenters. The van der Waals surface area contributed by atoms with E-state index in [0.717, 1.165) is 26.2 Å². The summed E-state index contributed by atoms with van der Waals surface area (Å²) in [6.45, 7) is 8.65. The Kier molecular flexibility index (Phi) is 5.79. The Morgan fingerprint density at radius 1 is 1.60 bits per heavy atom. The van der Waals surface area contributed by atoms with Gasteiger partial charge in [0.15, 0.2) is 0 Å². The third-order valence-corrected chi connectivity index (χ3v) is 4.42. The van der Waals surface area contributed by atoms with Crippen molar-refractivity contribution in [3.63, 3.8) is 0 Å². The van der Waals surface area contributed by atoms with Gasteiger partial charge in [-0.1, -0.05) is 6.92 Å². The van der Waals surface area contributed by atoms with E-state index in [1.54, 1.807) is 6.26 Å². The van der Waals surface area contributed by atoms with Crippen LogP contribution < -0.4 is 5.32 Å². The van der Waals surface area contributed by atoms with Crippen LogP contribution in [-0.2, 0) is 10.8 Å². The molecule has 0 aromatic rings. The van der Waals surface area contributed by atoms with Crippen molar-refractivity contribution in [2.24, 2.45) is 0 Å². The number of nitrogens with one attached hydrogen (secondary N) is 1. The molecule has 1 N–H and O–H groups in total. The normalized spacial score (nSPS) is 28.3. The van der Waals surface area contributed by atoms with Crippen LogP contribution in [0.15, 0.2) is 0 Å². The van der Waals surface area contributed by atoms with E-state index in [9.17, 15) is 4.21 Å². The van der Waals surface area contributed by atoms with Crippen molar-refractivity contribution in [1.29, 1.82) is 0 Å². The summed E-state index contributed by atoms with van der Waals surface area (Å²) in [5, 5.41) is 3.84. The first-order valence-electron chi connectivity index (χ1n) is 5.91. The molecule has 90 valence electrons. The molecule has 1 aliphatic rings. The van der Waals surface area contributed by atoms with Crippen molar-refractivity contribution >= 4 is 10.8 Å². The molecular formula is C11H24N2OS. The zero-order chi connectivity index (χ0) is 11.3. The maximum Gasteiger partial charge on any atom is 0.0444 e. The van der Waals surface area contributed by atoms with Gasteiger partial charge in [-0.3, -0.25) is 4.21 Å². The largest absolute Gasteiger partial charge is 0.313 e. The molecule has 0 aliphatic carbocycles. The molecule has 0 amide bonds. The van der Waals surface area contributed by atoms with Crippen LogP contribution >= 0.6 is 0 Å². The molecule has 1 heterocycles. The number of hydrogen-bond acceptors (Lipinski definition) is 3. The molecule has 1 rings (SSSR count). The Morgan fingerprint density at radius 2 is 2.33 bits per heavy atom. The van der Waals surface area contributed by atoms with Gasteiger partial charge in [0.25, 0.3) is 0 Å². The molecule has 1 aliphatic heterocycles. The number of nitrogens with zero attached hydrogens (tertiary/aromatic N) is 1. The third kappa shape index (κ3) is 4.62. The fraction of sp³-hybridized carbons (Fsp3) is 1.00. The minimum Gasteiger partial charge on any atom is -0.313 e. The maximum atomic E-state index is 11.3. The molecule has 0 bridgehead atoms. The highest BCUT2D eigenvalue weighted by Crippen LogP contribution is 2.06.